The fraction of sp³-hybridized carbons (Fsp3) is 0.393. The summed E-state index contributed by atoms with van der Waals surface area (Å²) in [5.41, 5.74) is 4.92. The van der Waals surface area contributed by atoms with Crippen molar-refractivity contribution in [2.75, 3.05) is 31.4 Å². The Morgan fingerprint density at radius 1 is 1.12 bits per heavy atom. The molecule has 210 valence electrons. The van der Waals surface area contributed by atoms with Gasteiger partial charge in [-0.15, -0.1) is 0 Å². The van der Waals surface area contributed by atoms with Crippen LogP contribution in [0.3, 0.4) is 0 Å². The van der Waals surface area contributed by atoms with Crippen LogP contribution in [-0.2, 0) is 14.8 Å². The van der Waals surface area contributed by atoms with Crippen LogP contribution in [0.2, 0.25) is 5.02 Å². The summed E-state index contributed by atoms with van der Waals surface area (Å²) in [6, 6.07) is 10.8. The highest BCUT2D eigenvalue weighted by molar-refractivity contribution is 7.88. The minimum Gasteiger partial charge on any atom is -0.497 e. The second-order valence-corrected chi connectivity index (χ2v) is 12.9. The zero-order valence-corrected chi connectivity index (χ0v) is 24.3. The molecule has 2 fully saturated rings. The smallest absolute Gasteiger partial charge is 0.227 e. The maximum Gasteiger partial charge on any atom is 0.227 e. The molecule has 2 saturated heterocycles. The molecule has 2 atom stereocenters. The van der Waals surface area contributed by atoms with Gasteiger partial charge in [-0.3, -0.25) is 4.79 Å². The van der Waals surface area contributed by atoms with Crippen LogP contribution >= 0.6 is 11.6 Å². The first-order chi connectivity index (χ1) is 19.0. The highest BCUT2D eigenvalue weighted by atomic mass is 35.5. The number of ether oxygens (including phenoxy) is 1. The Morgan fingerprint density at radius 3 is 2.60 bits per heavy atom. The van der Waals surface area contributed by atoms with E-state index in [4.69, 9.17) is 25.8 Å². The quantitative estimate of drug-likeness (QED) is 0.312. The van der Waals surface area contributed by atoms with Crippen molar-refractivity contribution in [3.05, 3.63) is 58.7 Å². The maximum atomic E-state index is 13.3. The molecular formula is C28H30ClN5O5S. The van der Waals surface area contributed by atoms with Crippen molar-refractivity contribution in [1.82, 2.24) is 19.0 Å². The van der Waals surface area contributed by atoms with Gasteiger partial charge in [0.25, 0.3) is 0 Å². The molecule has 10 nitrogen and oxygen atoms in total. The molecule has 6 rings (SSSR count). The molecule has 0 saturated carbocycles. The molecule has 12 heteroatoms. The average molecular weight is 584 g/mol. The number of hydrogen-bond donors (Lipinski definition) is 0. The summed E-state index contributed by atoms with van der Waals surface area (Å²) in [5, 5.41) is 4.56. The predicted molar refractivity (Wildman–Crippen MR) is 152 cm³/mol. The van der Waals surface area contributed by atoms with Gasteiger partial charge < -0.3 is 18.7 Å². The van der Waals surface area contributed by atoms with Crippen molar-refractivity contribution in [2.45, 2.75) is 45.2 Å². The van der Waals surface area contributed by atoms with Crippen LogP contribution in [0.25, 0.3) is 22.2 Å². The van der Waals surface area contributed by atoms with Crippen LogP contribution in [0.1, 0.15) is 48.6 Å². The van der Waals surface area contributed by atoms with Gasteiger partial charge in [0.2, 0.25) is 15.9 Å². The number of halogens is 1. The summed E-state index contributed by atoms with van der Waals surface area (Å²) in [4.78, 5) is 20.1. The standard InChI is InChI=1S/C28H30ClN5O5S/c1-16-27(17(2)39-31-16)18-5-6-24-23(11-18)30-28(34(24)20-9-10-32(15-20)40(4,36)37)25-7-8-26(35)33(25)21-12-19(29)13-22(14-21)38-3/h5-6,11-14,20,25H,7-10,15H2,1-4H3/t20-,25+/m1/s1. The summed E-state index contributed by atoms with van der Waals surface area (Å²) >= 11 is 6.38. The first kappa shape index (κ1) is 26.8. The topological polar surface area (TPSA) is 111 Å². The van der Waals surface area contributed by atoms with Crippen molar-refractivity contribution in [1.29, 1.82) is 0 Å². The minimum absolute atomic E-state index is 0.0338. The SMILES string of the molecule is COc1cc(Cl)cc(N2C(=O)CC[C@H]2c2nc3cc(-c4c(C)noc4C)ccc3n2[C@@H]2CCN(S(C)(=O)=O)C2)c1. The number of methoxy groups -OCH3 is 1. The zero-order chi connectivity index (χ0) is 28.3. The summed E-state index contributed by atoms with van der Waals surface area (Å²) in [7, 11) is -1.79. The number of fused-ring (bicyclic) bond motifs is 1. The number of carbonyl (C=O) groups is 1. The fourth-order valence-corrected chi connectivity index (χ4v) is 7.17. The molecule has 0 radical (unpaired) electrons. The van der Waals surface area contributed by atoms with Crippen LogP contribution in [0.4, 0.5) is 5.69 Å². The van der Waals surface area contributed by atoms with Gasteiger partial charge in [0.15, 0.2) is 0 Å². The van der Waals surface area contributed by atoms with Gasteiger partial charge in [0.05, 0.1) is 42.2 Å². The number of rotatable bonds is 6. The van der Waals surface area contributed by atoms with E-state index in [1.165, 1.54) is 10.6 Å². The predicted octanol–water partition coefficient (Wildman–Crippen LogP) is 5.04. The fourth-order valence-electron chi connectivity index (χ4n) is 6.07. The Hall–Kier alpha value is -3.41. The Morgan fingerprint density at radius 2 is 1.93 bits per heavy atom. The van der Waals surface area contributed by atoms with E-state index < -0.39 is 10.0 Å². The highest BCUT2D eigenvalue weighted by Crippen LogP contribution is 2.42. The van der Waals surface area contributed by atoms with Gasteiger partial charge in [-0.1, -0.05) is 22.8 Å². The number of aryl methyl sites for hydroxylation is 2. The molecule has 0 spiro atoms. The van der Waals surface area contributed by atoms with E-state index in [1.54, 1.807) is 30.2 Å². The monoisotopic (exact) mass is 583 g/mol. The molecule has 0 unspecified atom stereocenters. The van der Waals surface area contributed by atoms with Gasteiger partial charge in [0, 0.05) is 41.9 Å². The molecule has 4 heterocycles. The molecule has 0 bridgehead atoms. The van der Waals surface area contributed by atoms with Gasteiger partial charge >= 0.3 is 0 Å². The van der Waals surface area contributed by atoms with Crippen LogP contribution in [0, 0.1) is 13.8 Å². The highest BCUT2D eigenvalue weighted by Gasteiger charge is 2.40. The number of aromatic nitrogens is 3. The number of carbonyl (C=O) groups excluding carboxylic acids is 1. The number of nitrogens with zero attached hydrogens (tertiary/aromatic N) is 5. The average Bonchev–Trinajstić information content (AvgIpc) is 3.67. The van der Waals surface area contributed by atoms with E-state index in [0.29, 0.717) is 48.8 Å². The lowest BCUT2D eigenvalue weighted by molar-refractivity contribution is -0.117. The molecule has 0 N–H and O–H groups in total. The molecule has 4 aromatic rings. The van der Waals surface area contributed by atoms with Gasteiger partial charge in [0.1, 0.15) is 17.3 Å². The van der Waals surface area contributed by atoms with Gasteiger partial charge in [-0.05, 0) is 56.5 Å². The maximum absolute atomic E-state index is 13.3. The third-order valence-corrected chi connectivity index (χ3v) is 9.37. The first-order valence-electron chi connectivity index (χ1n) is 13.1. The van der Waals surface area contributed by atoms with Crippen LogP contribution in [0.5, 0.6) is 5.75 Å². The largest absolute Gasteiger partial charge is 0.497 e. The van der Waals surface area contributed by atoms with E-state index in [0.717, 1.165) is 39.4 Å². The summed E-state index contributed by atoms with van der Waals surface area (Å²) in [6.45, 7) is 4.55. The first-order valence-corrected chi connectivity index (χ1v) is 15.3. The van der Waals surface area contributed by atoms with E-state index in [1.807, 2.05) is 32.0 Å². The van der Waals surface area contributed by atoms with E-state index in [-0.39, 0.29) is 18.0 Å². The van der Waals surface area contributed by atoms with Crippen molar-refractivity contribution in [3.8, 4) is 16.9 Å². The van der Waals surface area contributed by atoms with Crippen molar-refractivity contribution < 1.29 is 22.5 Å². The van der Waals surface area contributed by atoms with Crippen LogP contribution in [0.15, 0.2) is 40.9 Å². The number of anilines is 1. The Balaban J connectivity index is 1.51. The van der Waals surface area contributed by atoms with Crippen molar-refractivity contribution in [3.63, 3.8) is 0 Å². The molecule has 1 amide bonds. The molecule has 2 aromatic heterocycles. The number of hydrogen-bond acceptors (Lipinski definition) is 7. The number of imidazole rings is 1. The molecule has 40 heavy (non-hydrogen) atoms. The Bertz CT molecular complexity index is 1730. The summed E-state index contributed by atoms with van der Waals surface area (Å²) < 4.78 is 39.2. The summed E-state index contributed by atoms with van der Waals surface area (Å²) in [5.74, 6) is 1.96. The second-order valence-electron chi connectivity index (χ2n) is 10.5. The zero-order valence-electron chi connectivity index (χ0n) is 22.7. The molecular weight excluding hydrogens is 554 g/mol. The molecule has 2 aliphatic heterocycles. The van der Waals surface area contributed by atoms with E-state index >= 15 is 0 Å². The van der Waals surface area contributed by atoms with E-state index in [9.17, 15) is 13.2 Å². The van der Waals surface area contributed by atoms with Gasteiger partial charge in [-0.2, -0.15) is 0 Å². The third kappa shape index (κ3) is 4.55. The van der Waals surface area contributed by atoms with Crippen LogP contribution < -0.4 is 9.64 Å². The summed E-state index contributed by atoms with van der Waals surface area (Å²) in [6.07, 6.45) is 2.80. The minimum atomic E-state index is -3.34. The number of amides is 1. The lowest BCUT2D eigenvalue weighted by Gasteiger charge is -2.27. The molecule has 2 aromatic carbocycles. The normalized spacial score (nSPS) is 20.2. The second kappa shape index (κ2) is 9.90. The number of sulfonamides is 1. The van der Waals surface area contributed by atoms with Gasteiger partial charge in [-0.25, -0.2) is 17.7 Å². The Labute approximate surface area is 237 Å². The van der Waals surface area contributed by atoms with E-state index in [2.05, 4.69) is 9.72 Å². The van der Waals surface area contributed by atoms with Crippen molar-refractivity contribution >= 4 is 44.3 Å². The number of benzene rings is 2. The van der Waals surface area contributed by atoms with Crippen molar-refractivity contribution in [2.24, 2.45) is 0 Å². The lowest BCUT2D eigenvalue weighted by atomic mass is 10.0. The lowest BCUT2D eigenvalue weighted by Crippen LogP contribution is -2.31. The molecule has 0 aliphatic carbocycles. The Kier molecular flexibility index (Phi) is 6.63. The third-order valence-electron chi connectivity index (χ3n) is 7.88. The van der Waals surface area contributed by atoms with Crippen LogP contribution in [-0.4, -0.2) is 59.8 Å². The molecule has 2 aliphatic rings.